The predicted molar refractivity (Wildman–Crippen MR) is 45.9 cm³/mol. The summed E-state index contributed by atoms with van der Waals surface area (Å²) in [7, 11) is 0. The summed E-state index contributed by atoms with van der Waals surface area (Å²) in [6.07, 6.45) is 3.00. The highest BCUT2D eigenvalue weighted by atomic mass is 14.4. The van der Waals surface area contributed by atoms with E-state index in [4.69, 9.17) is 0 Å². The van der Waals surface area contributed by atoms with Crippen LogP contribution >= 0.6 is 0 Å². The van der Waals surface area contributed by atoms with Crippen LogP contribution in [0.3, 0.4) is 0 Å². The first-order valence-electron chi connectivity index (χ1n) is 4.63. The molecule has 0 atom stereocenters. The molecule has 0 aliphatic heterocycles. The normalized spacial score (nSPS) is 19.5. The summed E-state index contributed by atoms with van der Waals surface area (Å²) in [6.45, 7) is 9.46. The molecule has 0 spiro atoms. The van der Waals surface area contributed by atoms with E-state index in [9.17, 15) is 0 Å². The molecule has 0 amide bonds. The topological polar surface area (TPSA) is 0 Å². The first kappa shape index (κ1) is 8.10. The molecule has 0 N–H and O–H groups in total. The molecule has 0 saturated heterocycles. The molecular weight excluding hydrogens is 120 g/mol. The fraction of sp³-hybridized carbons (Fsp3) is 1.00. The van der Waals surface area contributed by atoms with Gasteiger partial charge in [0.2, 0.25) is 0 Å². The third-order valence-corrected chi connectivity index (χ3v) is 2.71. The first-order chi connectivity index (χ1) is 4.63. The lowest BCUT2D eigenvalue weighted by Gasteiger charge is -2.24. The Balaban J connectivity index is 2.41. The van der Waals surface area contributed by atoms with Gasteiger partial charge in [0.25, 0.3) is 0 Å². The molecule has 0 nitrogen and oxygen atoms in total. The fourth-order valence-corrected chi connectivity index (χ4v) is 2.34. The Morgan fingerprint density at radius 3 is 1.40 bits per heavy atom. The minimum atomic E-state index is 0.896. The third-order valence-electron chi connectivity index (χ3n) is 2.71. The molecule has 1 aliphatic rings. The second-order valence-electron chi connectivity index (χ2n) is 4.40. The third kappa shape index (κ3) is 1.74. The predicted octanol–water partition coefficient (Wildman–Crippen LogP) is 3.32. The molecule has 1 saturated carbocycles. The van der Waals surface area contributed by atoms with Gasteiger partial charge in [-0.1, -0.05) is 27.7 Å². The summed E-state index contributed by atoms with van der Waals surface area (Å²) in [5.74, 6) is 3.87. The van der Waals surface area contributed by atoms with E-state index in [2.05, 4.69) is 27.7 Å². The van der Waals surface area contributed by atoms with Crippen LogP contribution in [-0.4, -0.2) is 0 Å². The maximum atomic E-state index is 2.36. The van der Waals surface area contributed by atoms with Crippen molar-refractivity contribution in [2.45, 2.75) is 40.5 Å². The molecular formula is C10H20. The molecule has 0 aromatic heterocycles. The van der Waals surface area contributed by atoms with Crippen LogP contribution in [-0.2, 0) is 0 Å². The quantitative estimate of drug-likeness (QED) is 0.564. The largest absolute Gasteiger partial charge is 0.0625 e. The number of rotatable bonds is 3. The lowest BCUT2D eigenvalue weighted by atomic mass is 9.82. The molecule has 0 heteroatoms. The molecule has 1 aliphatic carbocycles. The van der Waals surface area contributed by atoms with E-state index in [1.54, 1.807) is 0 Å². The summed E-state index contributed by atoms with van der Waals surface area (Å²) in [5, 5.41) is 0. The van der Waals surface area contributed by atoms with E-state index in [1.165, 1.54) is 12.8 Å². The Kier molecular flexibility index (Phi) is 2.38. The highest BCUT2D eigenvalue weighted by molar-refractivity contribution is 4.84. The van der Waals surface area contributed by atoms with Gasteiger partial charge >= 0.3 is 0 Å². The van der Waals surface area contributed by atoms with Gasteiger partial charge < -0.3 is 0 Å². The Labute approximate surface area is 65.0 Å². The van der Waals surface area contributed by atoms with Crippen molar-refractivity contribution < 1.29 is 0 Å². The van der Waals surface area contributed by atoms with Gasteiger partial charge in [-0.2, -0.15) is 0 Å². The maximum Gasteiger partial charge on any atom is -0.0340 e. The molecule has 0 aromatic carbocycles. The van der Waals surface area contributed by atoms with Gasteiger partial charge in [0.1, 0.15) is 0 Å². The summed E-state index contributed by atoms with van der Waals surface area (Å²) in [4.78, 5) is 0. The molecule has 0 bridgehead atoms. The Bertz CT molecular complexity index is 87.9. The van der Waals surface area contributed by atoms with Crippen molar-refractivity contribution in [1.29, 1.82) is 0 Å². The second kappa shape index (κ2) is 2.94. The van der Waals surface area contributed by atoms with Crippen molar-refractivity contribution >= 4 is 0 Å². The van der Waals surface area contributed by atoms with Crippen LogP contribution in [0.1, 0.15) is 40.5 Å². The van der Waals surface area contributed by atoms with E-state index in [0.717, 1.165) is 23.7 Å². The summed E-state index contributed by atoms with van der Waals surface area (Å²) >= 11 is 0. The smallest absolute Gasteiger partial charge is 0.0340 e. The zero-order chi connectivity index (χ0) is 7.72. The average molecular weight is 140 g/mol. The van der Waals surface area contributed by atoms with Crippen LogP contribution in [0, 0.1) is 23.7 Å². The van der Waals surface area contributed by atoms with E-state index >= 15 is 0 Å². The van der Waals surface area contributed by atoms with Crippen molar-refractivity contribution in [3.8, 4) is 0 Å². The van der Waals surface area contributed by atoms with Gasteiger partial charge in [-0.15, -0.1) is 0 Å². The average Bonchev–Trinajstić information content (AvgIpc) is 2.46. The van der Waals surface area contributed by atoms with Crippen LogP contribution in [0.15, 0.2) is 0 Å². The second-order valence-corrected chi connectivity index (χ2v) is 4.40. The van der Waals surface area contributed by atoms with Crippen LogP contribution < -0.4 is 0 Å². The molecule has 1 fully saturated rings. The van der Waals surface area contributed by atoms with Crippen molar-refractivity contribution in [3.63, 3.8) is 0 Å². The monoisotopic (exact) mass is 140 g/mol. The number of hydrogen-bond donors (Lipinski definition) is 0. The van der Waals surface area contributed by atoms with Crippen LogP contribution in [0.2, 0.25) is 0 Å². The van der Waals surface area contributed by atoms with E-state index in [1.807, 2.05) is 0 Å². The van der Waals surface area contributed by atoms with Crippen LogP contribution in [0.5, 0.6) is 0 Å². The van der Waals surface area contributed by atoms with E-state index in [-0.39, 0.29) is 0 Å². The highest BCUT2D eigenvalue weighted by Gasteiger charge is 2.34. The zero-order valence-corrected chi connectivity index (χ0v) is 7.72. The summed E-state index contributed by atoms with van der Waals surface area (Å²) in [5.41, 5.74) is 0. The lowest BCUT2D eigenvalue weighted by Crippen LogP contribution is -2.17. The molecule has 0 aromatic rings. The molecule has 10 heavy (non-hydrogen) atoms. The van der Waals surface area contributed by atoms with Gasteiger partial charge in [-0.05, 0) is 36.5 Å². The lowest BCUT2D eigenvalue weighted by molar-refractivity contribution is 0.252. The SMILES string of the molecule is CC(C)C(C(C)C)C1CC1. The van der Waals surface area contributed by atoms with E-state index < -0.39 is 0 Å². The van der Waals surface area contributed by atoms with E-state index in [0.29, 0.717) is 0 Å². The Morgan fingerprint density at radius 2 is 1.30 bits per heavy atom. The molecule has 0 heterocycles. The van der Waals surface area contributed by atoms with Gasteiger partial charge in [0.05, 0.1) is 0 Å². The minimum Gasteiger partial charge on any atom is -0.0625 e. The Hall–Kier alpha value is 0. The molecule has 1 rings (SSSR count). The zero-order valence-electron chi connectivity index (χ0n) is 7.72. The van der Waals surface area contributed by atoms with Crippen LogP contribution in [0.4, 0.5) is 0 Å². The van der Waals surface area contributed by atoms with Crippen molar-refractivity contribution in [1.82, 2.24) is 0 Å². The van der Waals surface area contributed by atoms with Crippen molar-refractivity contribution in [2.75, 3.05) is 0 Å². The van der Waals surface area contributed by atoms with Gasteiger partial charge in [-0.3, -0.25) is 0 Å². The van der Waals surface area contributed by atoms with Gasteiger partial charge in [0.15, 0.2) is 0 Å². The first-order valence-corrected chi connectivity index (χ1v) is 4.63. The molecule has 60 valence electrons. The fourth-order valence-electron chi connectivity index (χ4n) is 2.34. The Morgan fingerprint density at radius 1 is 0.900 bits per heavy atom. The molecule has 0 radical (unpaired) electrons. The maximum absolute atomic E-state index is 2.36. The highest BCUT2D eigenvalue weighted by Crippen LogP contribution is 2.43. The van der Waals surface area contributed by atoms with Crippen molar-refractivity contribution in [2.24, 2.45) is 23.7 Å². The minimum absolute atomic E-state index is 0.896. The molecule has 0 unspecified atom stereocenters. The van der Waals surface area contributed by atoms with Crippen LogP contribution in [0.25, 0.3) is 0 Å². The standard InChI is InChI=1S/C10H20/c1-7(2)10(8(3)4)9-5-6-9/h7-10H,5-6H2,1-4H3. The summed E-state index contributed by atoms with van der Waals surface area (Å²) in [6, 6.07) is 0. The van der Waals surface area contributed by atoms with Crippen molar-refractivity contribution in [3.05, 3.63) is 0 Å². The van der Waals surface area contributed by atoms with Gasteiger partial charge in [-0.25, -0.2) is 0 Å². The summed E-state index contributed by atoms with van der Waals surface area (Å²) < 4.78 is 0. The number of hydrogen-bond acceptors (Lipinski definition) is 0. The van der Waals surface area contributed by atoms with Gasteiger partial charge in [0, 0.05) is 0 Å².